The number of hydrogen-bond acceptors (Lipinski definition) is 1. The lowest BCUT2D eigenvalue weighted by Gasteiger charge is -2.29. The van der Waals surface area contributed by atoms with Crippen molar-refractivity contribution in [3.05, 3.63) is 0 Å². The van der Waals surface area contributed by atoms with Gasteiger partial charge in [-0.3, -0.25) is 0 Å². The first kappa shape index (κ1) is 14.0. The average molecular weight is 196 g/mol. The van der Waals surface area contributed by atoms with Gasteiger partial charge in [0.25, 0.3) is 0 Å². The molecule has 0 N–H and O–H groups in total. The monoisotopic (exact) mass is 196 g/mol. The molecule has 0 aliphatic heterocycles. The van der Waals surface area contributed by atoms with E-state index in [1.165, 1.54) is 0 Å². The summed E-state index contributed by atoms with van der Waals surface area (Å²) in [6.07, 6.45) is 2.01. The topological polar surface area (TPSA) is 9.23 Å². The largest absolute Gasteiger partial charge is 0.376 e. The van der Waals surface area contributed by atoms with E-state index in [4.69, 9.17) is 12.6 Å². The molecule has 1 nitrogen and oxygen atoms in total. The summed E-state index contributed by atoms with van der Waals surface area (Å²) in [4.78, 5) is 0. The maximum absolute atomic E-state index is 5.89. The first-order chi connectivity index (χ1) is 6.12. The highest BCUT2D eigenvalue weighted by Crippen LogP contribution is 2.26. The molecule has 0 aliphatic carbocycles. The highest BCUT2D eigenvalue weighted by molar-refractivity contribution is 6.14. The van der Waals surface area contributed by atoms with Crippen LogP contribution in [0.5, 0.6) is 0 Å². The van der Waals surface area contributed by atoms with Crippen LogP contribution in [0.25, 0.3) is 0 Å². The van der Waals surface area contributed by atoms with Crippen LogP contribution in [0.15, 0.2) is 0 Å². The predicted octanol–water partition coefficient (Wildman–Crippen LogP) is 3.58. The molecule has 0 heterocycles. The van der Waals surface area contributed by atoms with Crippen LogP contribution in [0.4, 0.5) is 0 Å². The van der Waals surface area contributed by atoms with Crippen molar-refractivity contribution in [2.45, 2.75) is 65.3 Å². The molecule has 0 saturated carbocycles. The molecule has 0 amide bonds. The molecule has 0 atom stereocenters. The molecule has 14 heavy (non-hydrogen) atoms. The fraction of sp³-hybridized carbons (Fsp3) is 1.00. The van der Waals surface area contributed by atoms with Crippen LogP contribution in [0.3, 0.4) is 0 Å². The van der Waals surface area contributed by atoms with Crippen molar-refractivity contribution >= 4 is 7.85 Å². The summed E-state index contributed by atoms with van der Waals surface area (Å²) in [5, 5.41) is -0.117. The van der Waals surface area contributed by atoms with Crippen molar-refractivity contribution in [3.8, 4) is 0 Å². The quantitative estimate of drug-likeness (QED) is 0.590. The third-order valence-corrected chi connectivity index (χ3v) is 2.14. The van der Waals surface area contributed by atoms with Gasteiger partial charge in [-0.05, 0) is 32.6 Å². The molecule has 0 aromatic rings. The third kappa shape index (κ3) is 8.62. The summed E-state index contributed by atoms with van der Waals surface area (Å²) in [6, 6.07) is 0. The van der Waals surface area contributed by atoms with Crippen LogP contribution in [0.2, 0.25) is 5.31 Å². The molecule has 2 radical (unpaired) electrons. The number of rotatable bonds is 6. The van der Waals surface area contributed by atoms with Gasteiger partial charge in [0, 0.05) is 6.61 Å². The summed E-state index contributed by atoms with van der Waals surface area (Å²) in [5.74, 6) is 0.677. The molecule has 82 valence electrons. The lowest BCUT2D eigenvalue weighted by Crippen LogP contribution is -2.27. The van der Waals surface area contributed by atoms with Crippen LogP contribution < -0.4 is 0 Å². The van der Waals surface area contributed by atoms with E-state index in [1.807, 2.05) is 13.8 Å². The maximum Gasteiger partial charge on any atom is 0.0739 e. The lowest BCUT2D eigenvalue weighted by atomic mass is 9.70. The van der Waals surface area contributed by atoms with Crippen molar-refractivity contribution in [2.24, 2.45) is 5.92 Å². The summed E-state index contributed by atoms with van der Waals surface area (Å²) < 4.78 is 5.84. The zero-order chi connectivity index (χ0) is 11.4. The SMILES string of the molecule is [B]C(C)(C)CCOC(C)(C)CC(C)C. The molecular formula is C12H25BO. The Hall–Kier alpha value is 0.0249. The van der Waals surface area contributed by atoms with E-state index in [0.29, 0.717) is 5.92 Å². The summed E-state index contributed by atoms with van der Waals surface area (Å²) in [7, 11) is 5.89. The highest BCUT2D eigenvalue weighted by Gasteiger charge is 2.20. The average Bonchev–Trinajstić information content (AvgIpc) is 1.78. The van der Waals surface area contributed by atoms with Gasteiger partial charge in [-0.1, -0.05) is 33.0 Å². The third-order valence-electron chi connectivity index (χ3n) is 2.14. The Morgan fingerprint density at radius 1 is 1.14 bits per heavy atom. The Morgan fingerprint density at radius 2 is 1.64 bits per heavy atom. The second kappa shape index (κ2) is 5.20. The molecule has 0 saturated heterocycles. The molecule has 0 rings (SSSR count). The van der Waals surface area contributed by atoms with Gasteiger partial charge in [-0.15, -0.1) is 0 Å². The van der Waals surface area contributed by atoms with E-state index in [2.05, 4.69) is 27.7 Å². The van der Waals surface area contributed by atoms with E-state index in [1.54, 1.807) is 0 Å². The zero-order valence-electron chi connectivity index (χ0n) is 10.7. The molecule has 0 aromatic heterocycles. The molecule has 0 bridgehead atoms. The minimum Gasteiger partial charge on any atom is -0.376 e. The molecule has 0 fully saturated rings. The predicted molar refractivity (Wildman–Crippen MR) is 63.9 cm³/mol. The Labute approximate surface area is 91.0 Å². The number of ether oxygens (including phenoxy) is 1. The molecule has 0 unspecified atom stereocenters. The van der Waals surface area contributed by atoms with Crippen LogP contribution >= 0.6 is 0 Å². The van der Waals surface area contributed by atoms with Crippen molar-refractivity contribution in [2.75, 3.05) is 6.61 Å². The zero-order valence-corrected chi connectivity index (χ0v) is 10.7. The standard InChI is InChI=1S/C12H25BO/c1-10(2)9-12(5,6)14-8-7-11(3,4)13/h10H,7-9H2,1-6H3. The van der Waals surface area contributed by atoms with Crippen LogP contribution in [-0.4, -0.2) is 20.1 Å². The van der Waals surface area contributed by atoms with Crippen molar-refractivity contribution < 1.29 is 4.74 Å². The van der Waals surface area contributed by atoms with Gasteiger partial charge in [0.05, 0.1) is 13.4 Å². The Morgan fingerprint density at radius 3 is 2.00 bits per heavy atom. The van der Waals surface area contributed by atoms with E-state index in [-0.39, 0.29) is 10.9 Å². The first-order valence-corrected chi connectivity index (χ1v) is 5.55. The van der Waals surface area contributed by atoms with Crippen LogP contribution in [0, 0.1) is 5.92 Å². The molecule has 0 aliphatic rings. The second-order valence-corrected chi connectivity index (χ2v) is 5.94. The fourth-order valence-corrected chi connectivity index (χ4v) is 1.63. The minimum absolute atomic E-state index is 0.0145. The summed E-state index contributed by atoms with van der Waals surface area (Å²) in [5.41, 5.74) is -0.0145. The highest BCUT2D eigenvalue weighted by atomic mass is 16.5. The van der Waals surface area contributed by atoms with Gasteiger partial charge in [0.2, 0.25) is 0 Å². The normalized spacial score (nSPS) is 13.6. The van der Waals surface area contributed by atoms with Crippen molar-refractivity contribution in [3.63, 3.8) is 0 Å². The fourth-order valence-electron chi connectivity index (χ4n) is 1.63. The van der Waals surface area contributed by atoms with Gasteiger partial charge < -0.3 is 4.74 Å². The smallest absolute Gasteiger partial charge is 0.0739 e. The summed E-state index contributed by atoms with van der Waals surface area (Å²) >= 11 is 0. The van der Waals surface area contributed by atoms with Gasteiger partial charge in [0.1, 0.15) is 0 Å². The minimum atomic E-state index is -0.117. The van der Waals surface area contributed by atoms with Crippen molar-refractivity contribution in [1.82, 2.24) is 0 Å². The van der Waals surface area contributed by atoms with Crippen molar-refractivity contribution in [1.29, 1.82) is 0 Å². The first-order valence-electron chi connectivity index (χ1n) is 5.55. The Bertz CT molecular complexity index is 156. The molecule has 2 heteroatoms. The number of hydrogen-bond donors (Lipinski definition) is 0. The van der Waals surface area contributed by atoms with E-state index in [9.17, 15) is 0 Å². The molecular weight excluding hydrogens is 171 g/mol. The Kier molecular flexibility index (Phi) is 5.21. The lowest BCUT2D eigenvalue weighted by molar-refractivity contribution is -0.0345. The van der Waals surface area contributed by atoms with Gasteiger partial charge in [-0.25, -0.2) is 0 Å². The van der Waals surface area contributed by atoms with E-state index >= 15 is 0 Å². The van der Waals surface area contributed by atoms with Crippen LogP contribution in [0.1, 0.15) is 54.4 Å². The summed E-state index contributed by atoms with van der Waals surface area (Å²) in [6.45, 7) is 13.6. The van der Waals surface area contributed by atoms with Crippen LogP contribution in [-0.2, 0) is 4.74 Å². The van der Waals surface area contributed by atoms with Gasteiger partial charge in [0.15, 0.2) is 0 Å². The van der Waals surface area contributed by atoms with Gasteiger partial charge >= 0.3 is 0 Å². The van der Waals surface area contributed by atoms with Gasteiger partial charge in [-0.2, -0.15) is 0 Å². The van der Waals surface area contributed by atoms with E-state index < -0.39 is 0 Å². The molecule has 0 aromatic carbocycles. The second-order valence-electron chi connectivity index (χ2n) is 5.94. The van der Waals surface area contributed by atoms with E-state index in [0.717, 1.165) is 19.4 Å². The molecule has 0 spiro atoms. The Balaban J connectivity index is 3.76. The maximum atomic E-state index is 5.89.